The molecule has 0 fully saturated rings. The van der Waals surface area contributed by atoms with Gasteiger partial charge in [-0.15, -0.1) is 0 Å². The van der Waals surface area contributed by atoms with Crippen LogP contribution >= 0.6 is 27.5 Å². The zero-order valence-corrected chi connectivity index (χ0v) is 13.2. The Kier molecular flexibility index (Phi) is 3.32. The minimum atomic E-state index is -3.69. The van der Waals surface area contributed by atoms with Gasteiger partial charge in [0.25, 0.3) is 10.0 Å². The zero-order valence-electron chi connectivity index (χ0n) is 9.99. The predicted molar refractivity (Wildman–Crippen MR) is 81.5 cm³/mol. The summed E-state index contributed by atoms with van der Waals surface area (Å²) < 4.78 is 27.2. The van der Waals surface area contributed by atoms with Crippen LogP contribution in [0, 0.1) is 0 Å². The van der Waals surface area contributed by atoms with Crippen LogP contribution in [0.2, 0.25) is 5.15 Å². The van der Waals surface area contributed by atoms with Gasteiger partial charge in [-0.1, -0.05) is 27.5 Å². The van der Waals surface area contributed by atoms with Crippen LogP contribution in [0.5, 0.6) is 0 Å². The topological polar surface area (TPSA) is 52.0 Å². The Morgan fingerprint density at radius 3 is 2.50 bits per heavy atom. The monoisotopic (exact) mass is 370 g/mol. The molecule has 2 aromatic heterocycles. The van der Waals surface area contributed by atoms with E-state index in [4.69, 9.17) is 11.6 Å². The Hall–Kier alpha value is -1.37. The summed E-state index contributed by atoms with van der Waals surface area (Å²) in [7, 11) is -3.69. The number of nitrogens with zero attached hydrogens (tertiary/aromatic N) is 2. The molecule has 0 saturated carbocycles. The molecule has 0 atom stereocenters. The highest BCUT2D eigenvalue weighted by atomic mass is 79.9. The van der Waals surface area contributed by atoms with Crippen LogP contribution in [0.4, 0.5) is 0 Å². The van der Waals surface area contributed by atoms with Crippen molar-refractivity contribution in [3.8, 4) is 0 Å². The van der Waals surface area contributed by atoms with Crippen molar-refractivity contribution in [2.45, 2.75) is 4.90 Å². The maximum Gasteiger partial charge on any atom is 0.268 e. The lowest BCUT2D eigenvalue weighted by molar-refractivity contribution is 0.589. The number of pyridine rings is 1. The van der Waals surface area contributed by atoms with Gasteiger partial charge in [-0.3, -0.25) is 0 Å². The third kappa shape index (κ3) is 2.13. The van der Waals surface area contributed by atoms with E-state index in [0.717, 1.165) is 13.8 Å². The van der Waals surface area contributed by atoms with Gasteiger partial charge in [0.2, 0.25) is 0 Å². The SMILES string of the molecule is O=S(=O)(c1ccc(Br)cc1)n1ccc2ccnc(Cl)c21. The Labute approximate surface area is 129 Å². The summed E-state index contributed by atoms with van der Waals surface area (Å²) in [4.78, 5) is 4.13. The lowest BCUT2D eigenvalue weighted by Crippen LogP contribution is -2.12. The molecule has 4 nitrogen and oxygen atoms in total. The molecule has 0 aliphatic heterocycles. The van der Waals surface area contributed by atoms with E-state index in [2.05, 4.69) is 20.9 Å². The first-order valence-electron chi connectivity index (χ1n) is 5.63. The van der Waals surface area contributed by atoms with Crippen molar-refractivity contribution in [3.05, 3.63) is 58.4 Å². The van der Waals surface area contributed by atoms with Crippen LogP contribution in [0.3, 0.4) is 0 Å². The summed E-state index contributed by atoms with van der Waals surface area (Å²) >= 11 is 9.30. The van der Waals surface area contributed by atoms with Gasteiger partial charge in [0.05, 0.1) is 4.90 Å². The normalized spacial score (nSPS) is 11.9. The number of benzene rings is 1. The summed E-state index contributed by atoms with van der Waals surface area (Å²) in [5.74, 6) is 0. The second kappa shape index (κ2) is 4.87. The fourth-order valence-electron chi connectivity index (χ4n) is 1.94. The van der Waals surface area contributed by atoms with Crippen molar-refractivity contribution in [3.63, 3.8) is 0 Å². The summed E-state index contributed by atoms with van der Waals surface area (Å²) in [5.41, 5.74) is 0.386. The fourth-order valence-corrected chi connectivity index (χ4v) is 3.87. The number of hydrogen-bond acceptors (Lipinski definition) is 3. The lowest BCUT2D eigenvalue weighted by Gasteiger charge is -2.08. The highest BCUT2D eigenvalue weighted by molar-refractivity contribution is 9.10. The van der Waals surface area contributed by atoms with Gasteiger partial charge in [0, 0.05) is 22.3 Å². The molecule has 20 heavy (non-hydrogen) atoms. The molecule has 0 amide bonds. The lowest BCUT2D eigenvalue weighted by atomic mass is 10.3. The van der Waals surface area contributed by atoms with Crippen LogP contribution in [-0.4, -0.2) is 17.4 Å². The number of rotatable bonds is 2. The summed E-state index contributed by atoms with van der Waals surface area (Å²) in [6, 6.07) is 9.84. The Balaban J connectivity index is 2.27. The minimum absolute atomic E-state index is 0.160. The second-order valence-corrected chi connectivity index (χ2v) is 7.20. The standard InChI is InChI=1S/C13H8BrClN2O2S/c14-10-1-3-11(4-2-10)20(18,19)17-8-6-9-5-7-16-13(15)12(9)17/h1-8H. The number of fused-ring (bicyclic) bond motifs is 1. The van der Waals surface area contributed by atoms with Crippen molar-refractivity contribution in [2.75, 3.05) is 0 Å². The molecular weight excluding hydrogens is 364 g/mol. The number of aromatic nitrogens is 2. The van der Waals surface area contributed by atoms with E-state index in [1.165, 1.54) is 18.3 Å². The molecule has 1 aromatic carbocycles. The molecule has 0 bridgehead atoms. The van der Waals surface area contributed by atoms with Crippen molar-refractivity contribution >= 4 is 48.5 Å². The summed E-state index contributed by atoms with van der Waals surface area (Å²) in [6.07, 6.45) is 3.02. The first kappa shape index (κ1) is 13.6. The fraction of sp³-hybridized carbons (Fsp3) is 0. The molecule has 3 aromatic rings. The third-order valence-corrected chi connectivity index (χ3v) is 5.39. The molecule has 102 valence electrons. The molecule has 0 spiro atoms. The first-order valence-corrected chi connectivity index (χ1v) is 8.24. The van der Waals surface area contributed by atoms with E-state index < -0.39 is 10.0 Å². The average Bonchev–Trinajstić information content (AvgIpc) is 2.85. The van der Waals surface area contributed by atoms with E-state index in [1.54, 1.807) is 30.5 Å². The average molecular weight is 372 g/mol. The number of hydrogen-bond donors (Lipinski definition) is 0. The molecule has 0 radical (unpaired) electrons. The van der Waals surface area contributed by atoms with Crippen LogP contribution < -0.4 is 0 Å². The van der Waals surface area contributed by atoms with E-state index in [0.29, 0.717) is 5.52 Å². The minimum Gasteiger partial charge on any atom is -0.242 e. The molecule has 0 N–H and O–H groups in total. The van der Waals surface area contributed by atoms with E-state index in [9.17, 15) is 8.42 Å². The van der Waals surface area contributed by atoms with E-state index in [1.807, 2.05) is 0 Å². The highest BCUT2D eigenvalue weighted by Gasteiger charge is 2.20. The second-order valence-electron chi connectivity index (χ2n) is 4.11. The van der Waals surface area contributed by atoms with Gasteiger partial charge < -0.3 is 0 Å². The van der Waals surface area contributed by atoms with Gasteiger partial charge in [-0.2, -0.15) is 0 Å². The van der Waals surface area contributed by atoms with Gasteiger partial charge in [0.15, 0.2) is 5.15 Å². The maximum absolute atomic E-state index is 12.6. The van der Waals surface area contributed by atoms with Crippen molar-refractivity contribution in [1.82, 2.24) is 8.96 Å². The van der Waals surface area contributed by atoms with Crippen LogP contribution in [-0.2, 0) is 10.0 Å². The molecular formula is C13H8BrClN2O2S. The Bertz CT molecular complexity index is 888. The quantitative estimate of drug-likeness (QED) is 0.646. The highest BCUT2D eigenvalue weighted by Crippen LogP contribution is 2.26. The number of halogens is 2. The van der Waals surface area contributed by atoms with Crippen molar-refractivity contribution in [1.29, 1.82) is 0 Å². The molecule has 0 aliphatic carbocycles. The van der Waals surface area contributed by atoms with Crippen molar-refractivity contribution in [2.24, 2.45) is 0 Å². The van der Waals surface area contributed by atoms with Crippen molar-refractivity contribution < 1.29 is 8.42 Å². The molecule has 3 rings (SSSR count). The van der Waals surface area contributed by atoms with E-state index >= 15 is 0 Å². The Morgan fingerprint density at radius 1 is 1.10 bits per heavy atom. The summed E-state index contributed by atoms with van der Waals surface area (Å²) in [5, 5.41) is 0.888. The van der Waals surface area contributed by atoms with Crippen LogP contribution in [0.1, 0.15) is 0 Å². The molecule has 0 unspecified atom stereocenters. The van der Waals surface area contributed by atoms with E-state index in [-0.39, 0.29) is 10.0 Å². The Morgan fingerprint density at radius 2 is 1.80 bits per heavy atom. The third-order valence-electron chi connectivity index (χ3n) is 2.89. The molecule has 7 heteroatoms. The predicted octanol–water partition coefficient (Wildman–Crippen LogP) is 3.69. The maximum atomic E-state index is 12.6. The van der Waals surface area contributed by atoms with Crippen LogP contribution in [0.25, 0.3) is 10.9 Å². The molecule has 2 heterocycles. The smallest absolute Gasteiger partial charge is 0.242 e. The van der Waals surface area contributed by atoms with Gasteiger partial charge >= 0.3 is 0 Å². The van der Waals surface area contributed by atoms with Crippen LogP contribution in [0.15, 0.2) is 58.2 Å². The zero-order chi connectivity index (χ0) is 14.3. The van der Waals surface area contributed by atoms with Gasteiger partial charge in [-0.25, -0.2) is 17.4 Å². The first-order chi connectivity index (χ1) is 9.50. The molecule has 0 aliphatic rings. The van der Waals surface area contributed by atoms with Gasteiger partial charge in [-0.05, 0) is 36.4 Å². The van der Waals surface area contributed by atoms with Gasteiger partial charge in [0.1, 0.15) is 5.52 Å². The summed E-state index contributed by atoms with van der Waals surface area (Å²) in [6.45, 7) is 0. The largest absolute Gasteiger partial charge is 0.268 e. The molecule has 0 saturated heterocycles.